The molecule has 34 heavy (non-hydrogen) atoms. The first-order valence-corrected chi connectivity index (χ1v) is 12.9. The van der Waals surface area contributed by atoms with Crippen molar-refractivity contribution in [2.75, 3.05) is 0 Å². The van der Waals surface area contributed by atoms with Gasteiger partial charge in [0.05, 0.1) is 0 Å². The highest BCUT2D eigenvalue weighted by Crippen LogP contribution is 2.22. The summed E-state index contributed by atoms with van der Waals surface area (Å²) in [6, 6.07) is 17.3. The topological polar surface area (TPSA) is 63.1 Å². The Morgan fingerprint density at radius 3 is 1.68 bits per heavy atom. The Labute approximate surface area is 204 Å². The average Bonchev–Trinajstić information content (AvgIpc) is 2.87. The van der Waals surface area contributed by atoms with Gasteiger partial charge in [0.15, 0.2) is 5.82 Å². The SMILES string of the molecule is CCCCCCCc1ccc(-c2ncc(-c3ccc(CCCCCCC(=O)O)cc3)cn2)cc1. The van der Waals surface area contributed by atoms with Crippen molar-refractivity contribution >= 4 is 5.97 Å². The number of hydrogen-bond donors (Lipinski definition) is 1. The molecule has 0 amide bonds. The molecule has 0 aliphatic rings. The van der Waals surface area contributed by atoms with Crippen molar-refractivity contribution in [1.82, 2.24) is 9.97 Å². The molecule has 3 rings (SSSR count). The minimum atomic E-state index is -0.700. The van der Waals surface area contributed by atoms with Crippen molar-refractivity contribution in [3.8, 4) is 22.5 Å². The van der Waals surface area contributed by atoms with E-state index < -0.39 is 5.97 Å². The van der Waals surface area contributed by atoms with E-state index in [-0.39, 0.29) is 6.42 Å². The zero-order valence-corrected chi connectivity index (χ0v) is 20.5. The summed E-state index contributed by atoms with van der Waals surface area (Å²) in [5, 5.41) is 8.69. The second-order valence-corrected chi connectivity index (χ2v) is 9.16. The molecule has 0 aliphatic heterocycles. The molecule has 180 valence electrons. The maximum absolute atomic E-state index is 10.6. The molecule has 4 nitrogen and oxygen atoms in total. The van der Waals surface area contributed by atoms with Crippen LogP contribution in [-0.4, -0.2) is 21.0 Å². The first-order valence-electron chi connectivity index (χ1n) is 12.9. The fourth-order valence-corrected chi connectivity index (χ4v) is 4.20. The molecule has 0 saturated heterocycles. The van der Waals surface area contributed by atoms with Crippen LogP contribution in [0.4, 0.5) is 0 Å². The van der Waals surface area contributed by atoms with E-state index in [1.807, 2.05) is 12.4 Å². The number of benzene rings is 2. The first-order chi connectivity index (χ1) is 16.7. The number of carboxylic acids is 1. The van der Waals surface area contributed by atoms with Crippen molar-refractivity contribution in [2.24, 2.45) is 0 Å². The minimum Gasteiger partial charge on any atom is -0.481 e. The lowest BCUT2D eigenvalue weighted by Crippen LogP contribution is -1.94. The third kappa shape index (κ3) is 8.74. The van der Waals surface area contributed by atoms with E-state index in [0.717, 1.165) is 61.0 Å². The minimum absolute atomic E-state index is 0.278. The number of rotatable bonds is 15. The van der Waals surface area contributed by atoms with Gasteiger partial charge in [-0.15, -0.1) is 0 Å². The van der Waals surface area contributed by atoms with Crippen LogP contribution in [0.3, 0.4) is 0 Å². The molecule has 0 radical (unpaired) electrons. The largest absolute Gasteiger partial charge is 0.481 e. The van der Waals surface area contributed by atoms with Crippen molar-refractivity contribution in [2.45, 2.75) is 84.0 Å². The second kappa shape index (κ2) is 14.3. The van der Waals surface area contributed by atoms with Crippen LogP contribution in [0.15, 0.2) is 60.9 Å². The quantitative estimate of drug-likeness (QED) is 0.235. The molecule has 4 heteroatoms. The summed E-state index contributed by atoms with van der Waals surface area (Å²) < 4.78 is 0. The zero-order valence-electron chi connectivity index (χ0n) is 20.5. The molecule has 2 aromatic carbocycles. The number of carbonyl (C=O) groups is 1. The van der Waals surface area contributed by atoms with E-state index in [9.17, 15) is 4.79 Å². The van der Waals surface area contributed by atoms with Gasteiger partial charge in [-0.2, -0.15) is 0 Å². The van der Waals surface area contributed by atoms with Crippen LogP contribution in [0, 0.1) is 0 Å². The summed E-state index contributed by atoms with van der Waals surface area (Å²) in [6.45, 7) is 2.25. The van der Waals surface area contributed by atoms with Gasteiger partial charge in [0.2, 0.25) is 0 Å². The Morgan fingerprint density at radius 2 is 1.15 bits per heavy atom. The summed E-state index contributed by atoms with van der Waals surface area (Å²) in [5.41, 5.74) is 5.89. The van der Waals surface area contributed by atoms with E-state index in [0.29, 0.717) is 0 Å². The molecule has 0 fully saturated rings. The lowest BCUT2D eigenvalue weighted by atomic mass is 10.0. The highest BCUT2D eigenvalue weighted by atomic mass is 16.4. The smallest absolute Gasteiger partial charge is 0.303 e. The summed E-state index contributed by atoms with van der Waals surface area (Å²) >= 11 is 0. The Morgan fingerprint density at radius 1 is 0.647 bits per heavy atom. The van der Waals surface area contributed by atoms with Crippen molar-refractivity contribution in [3.05, 3.63) is 72.1 Å². The normalized spacial score (nSPS) is 11.0. The lowest BCUT2D eigenvalue weighted by molar-refractivity contribution is -0.137. The molecule has 1 N–H and O–H groups in total. The summed E-state index contributed by atoms with van der Waals surface area (Å²) in [5.74, 6) is 0.0618. The van der Waals surface area contributed by atoms with E-state index in [1.165, 1.54) is 43.2 Å². The number of aromatic nitrogens is 2. The molecule has 0 unspecified atom stereocenters. The number of unbranched alkanes of at least 4 members (excludes halogenated alkanes) is 7. The van der Waals surface area contributed by atoms with Crippen molar-refractivity contribution in [1.29, 1.82) is 0 Å². The maximum Gasteiger partial charge on any atom is 0.303 e. The summed E-state index contributed by atoms with van der Waals surface area (Å²) in [4.78, 5) is 19.8. The third-order valence-electron chi connectivity index (χ3n) is 6.33. The Bertz CT molecular complexity index is 980. The van der Waals surface area contributed by atoms with E-state index >= 15 is 0 Å². The summed E-state index contributed by atoms with van der Waals surface area (Å²) in [6.07, 6.45) is 16.7. The van der Waals surface area contributed by atoms with Gasteiger partial charge in [0.1, 0.15) is 0 Å². The zero-order chi connectivity index (χ0) is 24.0. The van der Waals surface area contributed by atoms with Crippen molar-refractivity contribution < 1.29 is 9.90 Å². The highest BCUT2D eigenvalue weighted by molar-refractivity contribution is 5.66. The molecule has 3 aromatic rings. The van der Waals surface area contributed by atoms with Crippen LogP contribution in [0.25, 0.3) is 22.5 Å². The molecule has 0 aliphatic carbocycles. The van der Waals surface area contributed by atoms with Crippen molar-refractivity contribution in [3.63, 3.8) is 0 Å². The van der Waals surface area contributed by atoms with E-state index in [1.54, 1.807) is 0 Å². The van der Waals surface area contributed by atoms with Crippen LogP contribution in [-0.2, 0) is 17.6 Å². The fraction of sp³-hybridized carbons (Fsp3) is 0.433. The number of aryl methyl sites for hydroxylation is 2. The molecule has 1 aromatic heterocycles. The van der Waals surface area contributed by atoms with Gasteiger partial charge in [-0.3, -0.25) is 4.79 Å². The maximum atomic E-state index is 10.6. The number of nitrogens with zero attached hydrogens (tertiary/aromatic N) is 2. The van der Waals surface area contributed by atoms with Crippen LogP contribution in [0.2, 0.25) is 0 Å². The van der Waals surface area contributed by atoms with Gasteiger partial charge in [0.25, 0.3) is 0 Å². The Balaban J connectivity index is 1.47. The number of carboxylic acid groups (broad SMARTS) is 1. The molecule has 0 bridgehead atoms. The fourth-order valence-electron chi connectivity index (χ4n) is 4.20. The van der Waals surface area contributed by atoms with Gasteiger partial charge in [-0.1, -0.05) is 94.0 Å². The van der Waals surface area contributed by atoms with Gasteiger partial charge in [0, 0.05) is 29.9 Å². The molecular formula is C30H38N2O2. The van der Waals surface area contributed by atoms with E-state index in [4.69, 9.17) is 5.11 Å². The molecule has 0 spiro atoms. The number of aliphatic carboxylic acids is 1. The highest BCUT2D eigenvalue weighted by Gasteiger charge is 2.05. The van der Waals surface area contributed by atoms with Crippen LogP contribution in [0.1, 0.15) is 82.3 Å². The Kier molecular flexibility index (Phi) is 10.8. The molecule has 0 saturated carbocycles. The number of hydrogen-bond acceptors (Lipinski definition) is 3. The monoisotopic (exact) mass is 458 g/mol. The van der Waals surface area contributed by atoms with Crippen LogP contribution in [0.5, 0.6) is 0 Å². The Hall–Kier alpha value is -3.01. The van der Waals surface area contributed by atoms with E-state index in [2.05, 4.69) is 65.4 Å². The first kappa shape index (κ1) is 25.6. The summed E-state index contributed by atoms with van der Waals surface area (Å²) in [7, 11) is 0. The van der Waals surface area contributed by atoms with Crippen LogP contribution < -0.4 is 0 Å². The van der Waals surface area contributed by atoms with Gasteiger partial charge in [-0.25, -0.2) is 9.97 Å². The predicted molar refractivity (Wildman–Crippen MR) is 140 cm³/mol. The second-order valence-electron chi connectivity index (χ2n) is 9.16. The molecule has 1 heterocycles. The predicted octanol–water partition coefficient (Wildman–Crippen LogP) is 7.90. The van der Waals surface area contributed by atoms with Gasteiger partial charge in [-0.05, 0) is 48.8 Å². The third-order valence-corrected chi connectivity index (χ3v) is 6.33. The van der Waals surface area contributed by atoms with Gasteiger partial charge >= 0.3 is 5.97 Å². The standard InChI is InChI=1S/C30H38N2O2/c1-2-3-4-5-8-11-25-16-20-27(21-17-25)30-31-22-28(23-32-30)26-18-14-24(15-19-26)12-9-6-7-10-13-29(33)34/h14-23H,2-13H2,1H3,(H,33,34). The lowest BCUT2D eigenvalue weighted by Gasteiger charge is -2.07. The van der Waals surface area contributed by atoms with Gasteiger partial charge < -0.3 is 5.11 Å². The molecule has 0 atom stereocenters. The average molecular weight is 459 g/mol. The van der Waals surface area contributed by atoms with Crippen LogP contribution >= 0.6 is 0 Å². The molecular weight excluding hydrogens is 420 g/mol.